The number of hydrogen-bond acceptors (Lipinski definition) is 8. The lowest BCUT2D eigenvalue weighted by Gasteiger charge is -2.39. The molecule has 114 valence electrons. The fourth-order valence-corrected chi connectivity index (χ4v) is 2.68. The minimum absolute atomic E-state index is 0.902. The summed E-state index contributed by atoms with van der Waals surface area (Å²) in [5.74, 6) is 0. The van der Waals surface area contributed by atoms with E-state index in [1.165, 1.54) is 0 Å². The van der Waals surface area contributed by atoms with Gasteiger partial charge in [-0.15, -0.1) is 0 Å². The van der Waals surface area contributed by atoms with Gasteiger partial charge >= 0.3 is 7.82 Å². The Morgan fingerprint density at radius 1 is 1.16 bits per heavy atom. The third kappa shape index (κ3) is 4.43. The minimum Gasteiger partial charge on any atom is -0.387 e. The van der Waals surface area contributed by atoms with Crippen LogP contribution in [0.1, 0.15) is 0 Å². The third-order valence-corrected chi connectivity index (χ3v) is 3.92. The molecular formula is C6H14NO10PS. The first-order valence-electron chi connectivity index (χ1n) is 4.85. The van der Waals surface area contributed by atoms with E-state index in [1.807, 2.05) is 0 Å². The van der Waals surface area contributed by atoms with Gasteiger partial charge in [0.05, 0.1) is 6.61 Å². The number of rotatable bonds is 4. The Morgan fingerprint density at radius 2 is 1.68 bits per heavy atom. The number of primary sulfonamides is 1. The first-order chi connectivity index (χ1) is 8.43. The average molecular weight is 323 g/mol. The topological polar surface area (TPSA) is 197 Å². The lowest BCUT2D eigenvalue weighted by Crippen LogP contribution is -2.61. The van der Waals surface area contributed by atoms with Gasteiger partial charge in [-0.1, -0.05) is 0 Å². The van der Waals surface area contributed by atoms with Gasteiger partial charge in [-0.25, -0.2) is 18.1 Å². The summed E-state index contributed by atoms with van der Waals surface area (Å²) in [6, 6.07) is 0. The maximum Gasteiger partial charge on any atom is 0.469 e. The van der Waals surface area contributed by atoms with E-state index >= 15 is 0 Å². The molecule has 0 amide bonds. The third-order valence-electron chi connectivity index (χ3n) is 2.40. The van der Waals surface area contributed by atoms with Crippen molar-refractivity contribution in [3.63, 3.8) is 0 Å². The lowest BCUT2D eigenvalue weighted by atomic mass is 10.0. The van der Waals surface area contributed by atoms with Gasteiger partial charge in [-0.2, -0.15) is 0 Å². The summed E-state index contributed by atoms with van der Waals surface area (Å²) in [5.41, 5.74) is -2.05. The van der Waals surface area contributed by atoms with Crippen LogP contribution in [0.25, 0.3) is 0 Å². The second-order valence-corrected chi connectivity index (χ2v) is 6.77. The molecule has 1 rings (SSSR count). The van der Waals surface area contributed by atoms with Crippen LogP contribution in [0.4, 0.5) is 0 Å². The molecule has 1 aliphatic heterocycles. The standard InChI is InChI=1S/C6H14NO10PS/c7-19(14,15)6-5(10)4(9)3(8)2(17-6)1-16-18(11,12)13/h2-6,8-10H,1H2,(H2,7,14,15)(H2,11,12,13)/t2-,3-,4+,5-,6+/m1/s1. The van der Waals surface area contributed by atoms with Crippen molar-refractivity contribution in [2.45, 2.75) is 29.9 Å². The van der Waals surface area contributed by atoms with E-state index < -0.39 is 54.3 Å². The molecule has 7 N–H and O–H groups in total. The van der Waals surface area contributed by atoms with Crippen molar-refractivity contribution in [1.29, 1.82) is 0 Å². The Kier molecular flexibility index (Phi) is 5.07. The monoisotopic (exact) mass is 323 g/mol. The zero-order valence-corrected chi connectivity index (χ0v) is 11.0. The maximum atomic E-state index is 11.1. The fourth-order valence-electron chi connectivity index (χ4n) is 1.50. The molecule has 0 aromatic rings. The molecule has 0 unspecified atom stereocenters. The number of aliphatic hydroxyl groups excluding tert-OH is 3. The number of nitrogens with two attached hydrogens (primary N) is 1. The molecule has 0 aliphatic carbocycles. The SMILES string of the molecule is NS(=O)(=O)[C@@H]1O[C@H](COP(=O)(O)O)[C@@H](O)[C@H](O)[C@H]1O. The van der Waals surface area contributed by atoms with E-state index in [0.29, 0.717) is 0 Å². The van der Waals surface area contributed by atoms with Gasteiger partial charge < -0.3 is 29.8 Å². The van der Waals surface area contributed by atoms with Crippen molar-refractivity contribution < 1.29 is 47.3 Å². The Labute approximate surface area is 107 Å². The van der Waals surface area contributed by atoms with Gasteiger partial charge in [0, 0.05) is 0 Å². The predicted molar refractivity (Wildman–Crippen MR) is 57.8 cm³/mol. The molecule has 13 heteroatoms. The highest BCUT2D eigenvalue weighted by molar-refractivity contribution is 7.89. The number of hydrogen-bond donors (Lipinski definition) is 6. The smallest absolute Gasteiger partial charge is 0.387 e. The minimum atomic E-state index is -4.87. The highest BCUT2D eigenvalue weighted by Crippen LogP contribution is 2.37. The second kappa shape index (κ2) is 5.69. The van der Waals surface area contributed by atoms with Crippen molar-refractivity contribution in [3.05, 3.63) is 0 Å². The number of ether oxygens (including phenoxy) is 1. The van der Waals surface area contributed by atoms with Crippen molar-refractivity contribution in [2.24, 2.45) is 5.14 Å². The molecule has 0 saturated carbocycles. The van der Waals surface area contributed by atoms with E-state index in [4.69, 9.17) is 19.7 Å². The Morgan fingerprint density at radius 3 is 2.11 bits per heavy atom. The summed E-state index contributed by atoms with van der Waals surface area (Å²) in [4.78, 5) is 17.0. The molecule has 1 fully saturated rings. The van der Waals surface area contributed by atoms with Crippen LogP contribution in [0.15, 0.2) is 0 Å². The molecule has 1 aliphatic rings. The van der Waals surface area contributed by atoms with E-state index in [9.17, 15) is 28.3 Å². The van der Waals surface area contributed by atoms with Crippen molar-refractivity contribution in [2.75, 3.05) is 6.61 Å². The van der Waals surface area contributed by atoms with Crippen molar-refractivity contribution >= 4 is 17.8 Å². The molecule has 5 atom stereocenters. The van der Waals surface area contributed by atoms with E-state index in [-0.39, 0.29) is 0 Å². The zero-order valence-electron chi connectivity index (χ0n) is 9.30. The molecule has 0 bridgehead atoms. The number of sulfonamides is 1. The first-order valence-corrected chi connectivity index (χ1v) is 7.99. The van der Waals surface area contributed by atoms with Crippen LogP contribution < -0.4 is 5.14 Å². The average Bonchev–Trinajstić information content (AvgIpc) is 2.22. The van der Waals surface area contributed by atoms with Gasteiger partial charge in [-0.05, 0) is 0 Å². The lowest BCUT2D eigenvalue weighted by molar-refractivity contribution is -0.206. The van der Waals surface area contributed by atoms with Crippen LogP contribution in [0, 0.1) is 0 Å². The molecule has 0 radical (unpaired) electrons. The highest BCUT2D eigenvalue weighted by atomic mass is 32.2. The molecule has 11 nitrogen and oxygen atoms in total. The van der Waals surface area contributed by atoms with Crippen molar-refractivity contribution in [1.82, 2.24) is 0 Å². The van der Waals surface area contributed by atoms with Gasteiger partial charge in [0.25, 0.3) is 0 Å². The fraction of sp³-hybridized carbons (Fsp3) is 1.00. The van der Waals surface area contributed by atoms with Gasteiger partial charge in [0.15, 0.2) is 0 Å². The molecule has 1 heterocycles. The quantitative estimate of drug-likeness (QED) is 0.279. The number of aliphatic hydroxyl groups is 3. The van der Waals surface area contributed by atoms with Gasteiger partial charge in [0.1, 0.15) is 24.4 Å². The number of phosphoric ester groups is 1. The molecule has 0 aromatic heterocycles. The zero-order chi connectivity index (χ0) is 15.0. The highest BCUT2D eigenvalue weighted by Gasteiger charge is 2.48. The second-order valence-electron chi connectivity index (χ2n) is 3.89. The summed E-state index contributed by atoms with van der Waals surface area (Å²) < 4.78 is 41.4. The maximum absolute atomic E-state index is 11.1. The van der Waals surface area contributed by atoms with Gasteiger partial charge in [-0.3, -0.25) is 4.52 Å². The van der Waals surface area contributed by atoms with Crippen LogP contribution >= 0.6 is 7.82 Å². The molecule has 1 saturated heterocycles. The first kappa shape index (κ1) is 16.9. The largest absolute Gasteiger partial charge is 0.469 e. The summed E-state index contributed by atoms with van der Waals surface area (Å²) in [6.45, 7) is -0.902. The van der Waals surface area contributed by atoms with E-state index in [1.54, 1.807) is 0 Å². The summed E-state index contributed by atoms with van der Waals surface area (Å²) in [7, 11) is -9.28. The summed E-state index contributed by atoms with van der Waals surface area (Å²) >= 11 is 0. The molecule has 0 aromatic carbocycles. The number of phosphoric acid groups is 1. The van der Waals surface area contributed by atoms with Crippen LogP contribution in [0.5, 0.6) is 0 Å². The van der Waals surface area contributed by atoms with Gasteiger partial charge in [0.2, 0.25) is 15.5 Å². The molecular weight excluding hydrogens is 309 g/mol. The van der Waals surface area contributed by atoms with Crippen molar-refractivity contribution in [3.8, 4) is 0 Å². The Hall–Kier alpha value is -0.140. The Bertz CT molecular complexity index is 461. The van der Waals surface area contributed by atoms with Crippen LogP contribution in [-0.4, -0.2) is 70.0 Å². The summed E-state index contributed by atoms with van der Waals surface area (Å²) in [6.07, 6.45) is -7.33. The van der Waals surface area contributed by atoms with Crippen LogP contribution in [-0.2, 0) is 23.8 Å². The normalized spacial score (nSPS) is 37.3. The van der Waals surface area contributed by atoms with E-state index in [2.05, 4.69) is 4.52 Å². The predicted octanol–water partition coefficient (Wildman–Crippen LogP) is -3.81. The molecule has 19 heavy (non-hydrogen) atoms. The van der Waals surface area contributed by atoms with Crippen LogP contribution in [0.3, 0.4) is 0 Å². The summed E-state index contributed by atoms with van der Waals surface area (Å²) in [5, 5.41) is 33.1. The van der Waals surface area contributed by atoms with Crippen LogP contribution in [0.2, 0.25) is 0 Å². The van der Waals surface area contributed by atoms with E-state index in [0.717, 1.165) is 0 Å². The Balaban J connectivity index is 2.85. The molecule has 0 spiro atoms.